The number of benzene rings is 1. The molecule has 292 valence electrons. The Bertz CT molecular complexity index is 2290. The van der Waals surface area contributed by atoms with Crippen molar-refractivity contribution in [2.75, 3.05) is 24.6 Å². The smallest absolute Gasteiger partial charge is 0.352 e. The normalized spacial score (nSPS) is 20.4. The summed E-state index contributed by atoms with van der Waals surface area (Å²) in [5.74, 6) is -3.25. The number of hydrogen-bond acceptors (Lipinski definition) is 12. The van der Waals surface area contributed by atoms with Gasteiger partial charge in [-0.2, -0.15) is 4.57 Å². The van der Waals surface area contributed by atoms with E-state index in [4.69, 9.17) is 21.3 Å². The molecule has 7 rings (SSSR count). The van der Waals surface area contributed by atoms with Gasteiger partial charge in [0.15, 0.2) is 29.8 Å². The Labute approximate surface area is 329 Å². The van der Waals surface area contributed by atoms with E-state index in [1.54, 1.807) is 0 Å². The largest absolute Gasteiger partial charge is 0.478 e. The number of nitrogens with one attached hydrogen (secondary N) is 2. The van der Waals surface area contributed by atoms with E-state index in [1.165, 1.54) is 35.9 Å². The van der Waals surface area contributed by atoms with Crippen molar-refractivity contribution < 1.29 is 38.8 Å². The number of fused-ring (bicyclic) bond motifs is 2. The number of aromatic nitrogens is 3. The number of carbonyl (C=O) groups is 4. The van der Waals surface area contributed by atoms with Gasteiger partial charge in [0.1, 0.15) is 34.2 Å². The molecule has 0 radical (unpaired) electrons. The Morgan fingerprint density at radius 1 is 1.18 bits per heavy atom. The number of aliphatic carboxylic acids is 2. The number of nitrogens with zero attached hydrogens (tertiary/aromatic N) is 6. The highest BCUT2D eigenvalue weighted by Crippen LogP contribution is 2.40. The van der Waals surface area contributed by atoms with Gasteiger partial charge in [0.05, 0.1) is 6.04 Å². The van der Waals surface area contributed by atoms with Gasteiger partial charge in [0.25, 0.3) is 11.8 Å². The molecule has 3 aliphatic heterocycles. The Kier molecular flexibility index (Phi) is 10.8. The van der Waals surface area contributed by atoms with Crippen LogP contribution in [0.1, 0.15) is 43.5 Å². The summed E-state index contributed by atoms with van der Waals surface area (Å²) in [6.07, 6.45) is 7.94. The zero-order valence-corrected chi connectivity index (χ0v) is 32.2. The van der Waals surface area contributed by atoms with E-state index in [1.807, 2.05) is 59.6 Å². The van der Waals surface area contributed by atoms with Crippen LogP contribution in [0.2, 0.25) is 0 Å². The lowest BCUT2D eigenvalue weighted by atomic mass is 10.0. The van der Waals surface area contributed by atoms with Crippen molar-refractivity contribution in [3.8, 4) is 0 Å². The maximum atomic E-state index is 13.5. The standard InChI is InChI=1S/C37H40N10O7S2/c1-37(2,35(52)53)54-44-27(25-19-56-36(39)42-25)31(48)43-28-32(49)47-29(34(50)51)23(18-55-33(28)47)16-45-12-9-21-10-13-46(26(21)17-45)15-20-5-7-22(8-6-20)30(38)41-24-4-3-11-40-14-24/h5-10,12-13,17,19,24,28,33,40H,3-4,11,14-16,18H2,1-2H3,(H6-,38,39,41,42,43,48,50,51,52,53)/p+1/t24?,28-,33-/m1/s1. The summed E-state index contributed by atoms with van der Waals surface area (Å²) in [6.45, 7) is 5.17. The Morgan fingerprint density at radius 2 is 1.96 bits per heavy atom. The highest BCUT2D eigenvalue weighted by atomic mass is 32.2. The number of amides is 2. The SMILES string of the molecule is CC(C)(ON=C(C(=O)N[C@@H]1C(=O)N2C(C(=O)O)=C(C[n+]3ccc4ccn(Cc5ccc(C(N)=NC6CCCNC6)cc5)c4c3)CS[C@H]12)c1csc(N)n1)C(=O)O. The van der Waals surface area contributed by atoms with Crippen molar-refractivity contribution in [3.63, 3.8) is 0 Å². The molecule has 8 N–H and O–H groups in total. The van der Waals surface area contributed by atoms with Gasteiger partial charge in [-0.1, -0.05) is 29.4 Å². The van der Waals surface area contributed by atoms with E-state index in [-0.39, 0.29) is 40.6 Å². The molecule has 1 unspecified atom stereocenters. The van der Waals surface area contributed by atoms with Crippen molar-refractivity contribution in [1.29, 1.82) is 0 Å². The van der Waals surface area contributed by atoms with Crippen LogP contribution >= 0.6 is 23.1 Å². The fourth-order valence-corrected chi connectivity index (χ4v) is 8.51. The summed E-state index contributed by atoms with van der Waals surface area (Å²) in [7, 11) is 0. The molecule has 56 heavy (non-hydrogen) atoms. The second kappa shape index (κ2) is 15.8. The molecule has 0 bridgehead atoms. The van der Waals surface area contributed by atoms with Crippen molar-refractivity contribution in [1.82, 2.24) is 25.1 Å². The zero-order valence-electron chi connectivity index (χ0n) is 30.5. The molecule has 2 saturated heterocycles. The third-order valence-electron chi connectivity index (χ3n) is 9.74. The molecule has 1 aromatic carbocycles. The number of rotatable bonds is 13. The number of carboxylic acid groups (broad SMARTS) is 2. The van der Waals surface area contributed by atoms with Crippen LogP contribution in [-0.2, 0) is 37.1 Å². The lowest BCUT2D eigenvalue weighted by Crippen LogP contribution is -2.71. The number of oxime groups is 1. The molecule has 0 aliphatic carbocycles. The predicted octanol–water partition coefficient (Wildman–Crippen LogP) is 1.50. The van der Waals surface area contributed by atoms with Crippen LogP contribution in [0.25, 0.3) is 10.9 Å². The molecule has 0 spiro atoms. The topological polar surface area (TPSA) is 244 Å². The van der Waals surface area contributed by atoms with Crippen LogP contribution in [0.3, 0.4) is 0 Å². The molecule has 3 aliphatic rings. The van der Waals surface area contributed by atoms with E-state index in [0.29, 0.717) is 18.0 Å². The number of aliphatic imine (C=N–C) groups is 1. The van der Waals surface area contributed by atoms with Crippen molar-refractivity contribution in [2.24, 2.45) is 15.9 Å². The van der Waals surface area contributed by atoms with Gasteiger partial charge in [0.2, 0.25) is 5.60 Å². The molecule has 19 heteroatoms. The number of nitrogens with two attached hydrogens (primary N) is 2. The lowest BCUT2D eigenvalue weighted by molar-refractivity contribution is -0.687. The van der Waals surface area contributed by atoms with Crippen molar-refractivity contribution in [3.05, 3.63) is 88.5 Å². The minimum atomic E-state index is -1.78. The van der Waals surface area contributed by atoms with Crippen LogP contribution in [-0.4, -0.2) is 102 Å². The van der Waals surface area contributed by atoms with Crippen LogP contribution in [0.15, 0.2) is 81.8 Å². The van der Waals surface area contributed by atoms with Crippen LogP contribution in [0.4, 0.5) is 5.13 Å². The molecule has 3 atom stereocenters. The maximum Gasteiger partial charge on any atom is 0.352 e. The third-order valence-corrected chi connectivity index (χ3v) is 11.8. The molecule has 2 amide bonds. The van der Waals surface area contributed by atoms with Crippen LogP contribution in [0, 0.1) is 0 Å². The molecular weight excluding hydrogens is 761 g/mol. The molecule has 2 fully saturated rings. The first-order valence-electron chi connectivity index (χ1n) is 17.8. The monoisotopic (exact) mass is 801 g/mol. The van der Waals surface area contributed by atoms with Crippen molar-refractivity contribution in [2.45, 2.75) is 62.8 Å². The quantitative estimate of drug-likeness (QED) is 0.0371. The average molecular weight is 802 g/mol. The minimum absolute atomic E-state index is 0.0240. The number of thiazole rings is 1. The Morgan fingerprint density at radius 3 is 2.64 bits per heavy atom. The van der Waals surface area contributed by atoms with Crippen LogP contribution < -0.4 is 26.7 Å². The molecule has 4 aromatic rings. The highest BCUT2D eigenvalue weighted by Gasteiger charge is 2.55. The van der Waals surface area contributed by atoms with E-state index in [2.05, 4.69) is 25.3 Å². The van der Waals surface area contributed by atoms with E-state index >= 15 is 0 Å². The summed E-state index contributed by atoms with van der Waals surface area (Å²) in [6, 6.07) is 11.1. The maximum absolute atomic E-state index is 13.5. The van der Waals surface area contributed by atoms with Gasteiger partial charge in [-0.05, 0) is 44.9 Å². The second-order valence-corrected chi connectivity index (χ2v) is 16.1. The molecule has 0 saturated carbocycles. The minimum Gasteiger partial charge on any atom is -0.478 e. The number of nitrogen functional groups attached to an aromatic ring is 1. The van der Waals surface area contributed by atoms with Gasteiger partial charge < -0.3 is 41.7 Å². The summed E-state index contributed by atoms with van der Waals surface area (Å²) < 4.78 is 4.00. The summed E-state index contributed by atoms with van der Waals surface area (Å²) in [5, 5.41) is 31.4. The number of amidine groups is 1. The molecule has 17 nitrogen and oxygen atoms in total. The number of hydrogen-bond donors (Lipinski definition) is 6. The number of thioether (sulfide) groups is 1. The van der Waals surface area contributed by atoms with Gasteiger partial charge in [-0.15, -0.1) is 23.1 Å². The number of carboxylic acids is 2. The number of piperidine rings is 1. The van der Waals surface area contributed by atoms with Crippen LogP contribution in [0.5, 0.6) is 0 Å². The number of anilines is 1. The van der Waals surface area contributed by atoms with Gasteiger partial charge >= 0.3 is 11.9 Å². The zero-order chi connectivity index (χ0) is 39.7. The molecule has 3 aromatic heterocycles. The van der Waals surface area contributed by atoms with Gasteiger partial charge in [-0.3, -0.25) is 19.5 Å². The summed E-state index contributed by atoms with van der Waals surface area (Å²) >= 11 is 2.35. The fourth-order valence-electron chi connectivity index (χ4n) is 6.63. The summed E-state index contributed by atoms with van der Waals surface area (Å²) in [4.78, 5) is 66.3. The molecular formula is C37H41N10O7S2+. The number of β-lactam (4-membered cyclic amide) rings is 1. The predicted molar refractivity (Wildman–Crippen MR) is 210 cm³/mol. The Hall–Kier alpha value is -5.79. The average Bonchev–Trinajstić information content (AvgIpc) is 3.79. The summed E-state index contributed by atoms with van der Waals surface area (Å²) in [5.41, 5.74) is 13.2. The number of carbonyl (C=O) groups excluding carboxylic acids is 2. The highest BCUT2D eigenvalue weighted by molar-refractivity contribution is 8.00. The van der Waals surface area contributed by atoms with Gasteiger partial charge in [-0.25, -0.2) is 14.6 Å². The van der Waals surface area contributed by atoms with Crippen molar-refractivity contribution >= 4 is 74.4 Å². The van der Waals surface area contributed by atoms with Gasteiger partial charge in [0, 0.05) is 53.0 Å². The lowest BCUT2D eigenvalue weighted by Gasteiger charge is -2.49. The fraction of sp³-hybridized carbons (Fsp3) is 0.351. The Balaban J connectivity index is 1.05. The number of pyridine rings is 1. The first-order valence-corrected chi connectivity index (χ1v) is 19.7. The van der Waals surface area contributed by atoms with E-state index < -0.39 is 40.8 Å². The molecule has 6 heterocycles. The van der Waals surface area contributed by atoms with E-state index in [9.17, 15) is 29.4 Å². The first kappa shape index (κ1) is 38.5. The first-order chi connectivity index (χ1) is 26.8. The van der Waals surface area contributed by atoms with E-state index in [0.717, 1.165) is 59.3 Å². The second-order valence-electron chi connectivity index (χ2n) is 14.1. The third kappa shape index (κ3) is 7.96.